The van der Waals surface area contributed by atoms with Crippen molar-refractivity contribution >= 4 is 6.01 Å². The van der Waals surface area contributed by atoms with Gasteiger partial charge in [0.1, 0.15) is 6.61 Å². The van der Waals surface area contributed by atoms with Crippen LogP contribution in [0, 0.1) is 13.8 Å². The highest BCUT2D eigenvalue weighted by molar-refractivity contribution is 5.21. The zero-order valence-corrected chi connectivity index (χ0v) is 12.5. The first-order valence-electron chi connectivity index (χ1n) is 6.63. The van der Waals surface area contributed by atoms with E-state index >= 15 is 0 Å². The van der Waals surface area contributed by atoms with E-state index in [0.717, 1.165) is 25.2 Å². The SMILES string of the molecule is COCc1nnc(N(C)CCCn2nc(C)cc2C)o1. The summed E-state index contributed by atoms with van der Waals surface area (Å²) in [5, 5.41) is 12.3. The molecular formula is C13H21N5O2. The molecule has 2 aromatic rings. The van der Waals surface area contributed by atoms with E-state index in [1.807, 2.05) is 23.6 Å². The Morgan fingerprint density at radius 2 is 2.15 bits per heavy atom. The molecule has 0 saturated carbocycles. The smallest absolute Gasteiger partial charge is 0.317 e. The highest BCUT2D eigenvalue weighted by atomic mass is 16.5. The van der Waals surface area contributed by atoms with Crippen LogP contribution in [-0.4, -0.2) is 40.7 Å². The maximum absolute atomic E-state index is 5.47. The van der Waals surface area contributed by atoms with Crippen LogP contribution in [0.2, 0.25) is 0 Å². The first kappa shape index (κ1) is 14.5. The van der Waals surface area contributed by atoms with Gasteiger partial charge in [-0.15, -0.1) is 5.10 Å². The Kier molecular flexibility index (Phi) is 4.73. The molecule has 0 radical (unpaired) electrons. The van der Waals surface area contributed by atoms with Gasteiger partial charge in [-0.05, 0) is 26.3 Å². The number of hydrogen-bond acceptors (Lipinski definition) is 6. The fraction of sp³-hybridized carbons (Fsp3) is 0.615. The van der Waals surface area contributed by atoms with Crippen LogP contribution < -0.4 is 4.90 Å². The average Bonchev–Trinajstić information content (AvgIpc) is 2.97. The molecule has 0 bridgehead atoms. The number of hydrogen-bond donors (Lipinski definition) is 0. The Labute approximate surface area is 118 Å². The van der Waals surface area contributed by atoms with Crippen molar-refractivity contribution in [1.82, 2.24) is 20.0 Å². The van der Waals surface area contributed by atoms with Gasteiger partial charge in [0.05, 0.1) is 5.69 Å². The second kappa shape index (κ2) is 6.51. The van der Waals surface area contributed by atoms with E-state index < -0.39 is 0 Å². The number of nitrogens with zero attached hydrogens (tertiary/aromatic N) is 5. The molecule has 0 unspecified atom stereocenters. The molecule has 0 aliphatic heterocycles. The number of ether oxygens (including phenoxy) is 1. The monoisotopic (exact) mass is 279 g/mol. The number of aryl methyl sites for hydroxylation is 3. The molecule has 2 rings (SSSR count). The van der Waals surface area contributed by atoms with E-state index in [4.69, 9.17) is 9.15 Å². The lowest BCUT2D eigenvalue weighted by Gasteiger charge is -2.13. The van der Waals surface area contributed by atoms with Crippen molar-refractivity contribution in [2.45, 2.75) is 33.4 Å². The topological polar surface area (TPSA) is 69.2 Å². The molecule has 7 heteroatoms. The quantitative estimate of drug-likeness (QED) is 0.766. The standard InChI is InChI=1S/C13H21N5O2/c1-10-8-11(2)18(16-10)7-5-6-17(3)13-15-14-12(20-13)9-19-4/h8H,5-7,9H2,1-4H3. The Morgan fingerprint density at radius 3 is 2.80 bits per heavy atom. The molecule has 0 saturated heterocycles. The highest BCUT2D eigenvalue weighted by Crippen LogP contribution is 2.11. The largest absolute Gasteiger partial charge is 0.405 e. The van der Waals surface area contributed by atoms with Gasteiger partial charge in [0.2, 0.25) is 5.89 Å². The zero-order valence-electron chi connectivity index (χ0n) is 12.5. The summed E-state index contributed by atoms with van der Waals surface area (Å²) >= 11 is 0. The van der Waals surface area contributed by atoms with Gasteiger partial charge in [-0.3, -0.25) is 4.68 Å². The Hall–Kier alpha value is -1.89. The highest BCUT2D eigenvalue weighted by Gasteiger charge is 2.10. The Morgan fingerprint density at radius 1 is 1.35 bits per heavy atom. The Bertz CT molecular complexity index is 549. The van der Waals surface area contributed by atoms with Crippen LogP contribution >= 0.6 is 0 Å². The first-order chi connectivity index (χ1) is 9.60. The van der Waals surface area contributed by atoms with Crippen LogP contribution in [0.15, 0.2) is 10.5 Å². The molecule has 2 aromatic heterocycles. The van der Waals surface area contributed by atoms with Crippen molar-refractivity contribution in [2.24, 2.45) is 0 Å². The second-order valence-electron chi connectivity index (χ2n) is 4.84. The van der Waals surface area contributed by atoms with Gasteiger partial charge in [-0.2, -0.15) is 5.10 Å². The van der Waals surface area contributed by atoms with Gasteiger partial charge in [0, 0.05) is 32.9 Å². The molecule has 7 nitrogen and oxygen atoms in total. The van der Waals surface area contributed by atoms with Crippen LogP contribution in [0.3, 0.4) is 0 Å². The normalized spacial score (nSPS) is 11.0. The van der Waals surface area contributed by atoms with Crippen molar-refractivity contribution < 1.29 is 9.15 Å². The summed E-state index contributed by atoms with van der Waals surface area (Å²) in [5.41, 5.74) is 2.24. The third-order valence-electron chi connectivity index (χ3n) is 3.02. The molecule has 0 atom stereocenters. The van der Waals surface area contributed by atoms with E-state index in [1.165, 1.54) is 5.69 Å². The summed E-state index contributed by atoms with van der Waals surface area (Å²) in [6, 6.07) is 2.60. The van der Waals surface area contributed by atoms with E-state index in [1.54, 1.807) is 7.11 Å². The van der Waals surface area contributed by atoms with Gasteiger partial charge in [0.15, 0.2) is 0 Å². The molecule has 0 aliphatic rings. The lowest BCUT2D eigenvalue weighted by Crippen LogP contribution is -2.20. The minimum atomic E-state index is 0.340. The van der Waals surface area contributed by atoms with Gasteiger partial charge in [-0.1, -0.05) is 5.10 Å². The third kappa shape index (κ3) is 3.57. The number of aromatic nitrogens is 4. The lowest BCUT2D eigenvalue weighted by molar-refractivity contribution is 0.160. The van der Waals surface area contributed by atoms with Crippen molar-refractivity contribution in [3.8, 4) is 0 Å². The van der Waals surface area contributed by atoms with Gasteiger partial charge in [-0.25, -0.2) is 0 Å². The average molecular weight is 279 g/mol. The van der Waals surface area contributed by atoms with Crippen LogP contribution in [0.5, 0.6) is 0 Å². The van der Waals surface area contributed by atoms with Gasteiger partial charge < -0.3 is 14.1 Å². The van der Waals surface area contributed by atoms with E-state index in [2.05, 4.69) is 28.3 Å². The van der Waals surface area contributed by atoms with Crippen LogP contribution in [0.4, 0.5) is 6.01 Å². The van der Waals surface area contributed by atoms with E-state index in [0.29, 0.717) is 18.5 Å². The molecule has 20 heavy (non-hydrogen) atoms. The molecule has 2 heterocycles. The number of rotatable bonds is 7. The lowest BCUT2D eigenvalue weighted by atomic mass is 10.3. The number of anilines is 1. The minimum absolute atomic E-state index is 0.340. The summed E-state index contributed by atoms with van der Waals surface area (Å²) in [4.78, 5) is 1.94. The van der Waals surface area contributed by atoms with E-state index in [-0.39, 0.29) is 0 Å². The van der Waals surface area contributed by atoms with Crippen LogP contribution in [-0.2, 0) is 17.9 Å². The molecule has 0 aliphatic carbocycles. The van der Waals surface area contributed by atoms with Crippen molar-refractivity contribution in [1.29, 1.82) is 0 Å². The zero-order chi connectivity index (χ0) is 14.5. The van der Waals surface area contributed by atoms with Crippen molar-refractivity contribution in [3.63, 3.8) is 0 Å². The summed E-state index contributed by atoms with van der Waals surface area (Å²) in [6.45, 7) is 6.12. The van der Waals surface area contributed by atoms with Crippen molar-refractivity contribution in [3.05, 3.63) is 23.3 Å². The van der Waals surface area contributed by atoms with Gasteiger partial charge in [0.25, 0.3) is 0 Å². The molecule has 0 spiro atoms. The third-order valence-corrected chi connectivity index (χ3v) is 3.02. The minimum Gasteiger partial charge on any atom is -0.405 e. The fourth-order valence-corrected chi connectivity index (χ4v) is 2.04. The predicted molar refractivity (Wildman–Crippen MR) is 74.6 cm³/mol. The summed E-state index contributed by atoms with van der Waals surface area (Å²) in [6.07, 6.45) is 0.959. The van der Waals surface area contributed by atoms with Crippen LogP contribution in [0.1, 0.15) is 23.7 Å². The summed E-state index contributed by atoms with van der Waals surface area (Å²) < 4.78 is 12.4. The van der Waals surface area contributed by atoms with Crippen LogP contribution in [0.25, 0.3) is 0 Å². The molecule has 0 N–H and O–H groups in total. The summed E-state index contributed by atoms with van der Waals surface area (Å²) in [5.74, 6) is 0.493. The fourth-order valence-electron chi connectivity index (χ4n) is 2.04. The number of methoxy groups -OCH3 is 1. The first-order valence-corrected chi connectivity index (χ1v) is 6.63. The molecule has 0 fully saturated rings. The maximum Gasteiger partial charge on any atom is 0.317 e. The van der Waals surface area contributed by atoms with E-state index in [9.17, 15) is 0 Å². The second-order valence-corrected chi connectivity index (χ2v) is 4.84. The van der Waals surface area contributed by atoms with Crippen molar-refractivity contribution in [2.75, 3.05) is 25.6 Å². The maximum atomic E-state index is 5.47. The molecule has 0 aromatic carbocycles. The Balaban J connectivity index is 1.82. The molecular weight excluding hydrogens is 258 g/mol. The predicted octanol–water partition coefficient (Wildman–Crippen LogP) is 1.56. The molecule has 110 valence electrons. The molecule has 0 amide bonds. The summed E-state index contributed by atoms with van der Waals surface area (Å²) in [7, 11) is 3.54. The van der Waals surface area contributed by atoms with Gasteiger partial charge >= 0.3 is 6.01 Å².